The predicted octanol–water partition coefficient (Wildman–Crippen LogP) is 2.56. The molecule has 0 aliphatic carbocycles. The van der Waals surface area contributed by atoms with Crippen LogP contribution in [0.3, 0.4) is 0 Å². The summed E-state index contributed by atoms with van der Waals surface area (Å²) in [5.41, 5.74) is 7.48. The van der Waals surface area contributed by atoms with Gasteiger partial charge >= 0.3 is 5.97 Å². The van der Waals surface area contributed by atoms with Crippen molar-refractivity contribution in [3.8, 4) is 0 Å². The lowest BCUT2D eigenvalue weighted by Gasteiger charge is -2.11. The molecule has 1 aromatic heterocycles. The van der Waals surface area contributed by atoms with Gasteiger partial charge in [0.15, 0.2) is 0 Å². The molecule has 0 spiro atoms. The monoisotopic (exact) mass is 344 g/mol. The summed E-state index contributed by atoms with van der Waals surface area (Å²) in [6.07, 6.45) is 0. The molecule has 0 bridgehead atoms. The van der Waals surface area contributed by atoms with E-state index in [1.165, 1.54) is 25.3 Å². The maximum atomic E-state index is 13.1. The molecule has 124 valence electrons. The van der Waals surface area contributed by atoms with Gasteiger partial charge in [0.1, 0.15) is 5.69 Å². The molecule has 0 radical (unpaired) electrons. The van der Waals surface area contributed by atoms with Gasteiger partial charge in [-0.2, -0.15) is 0 Å². The van der Waals surface area contributed by atoms with E-state index < -0.39 is 16.0 Å². The standard InChI is InChI=1S/C17H16N2O4S/c1-11-6-8-12(9-7-11)24(21,22)19-15-5-3-4-14(18)13(15)10-16(19)17(20)23-2/h3-10H,18H2,1-2H3. The molecule has 0 unspecified atom stereocenters. The van der Waals surface area contributed by atoms with E-state index in [0.717, 1.165) is 9.54 Å². The third kappa shape index (κ3) is 2.43. The van der Waals surface area contributed by atoms with Gasteiger partial charge < -0.3 is 10.5 Å². The first-order valence-corrected chi connectivity index (χ1v) is 8.61. The number of hydrogen-bond donors (Lipinski definition) is 1. The molecule has 3 rings (SSSR count). The van der Waals surface area contributed by atoms with Crippen molar-refractivity contribution >= 4 is 32.6 Å². The molecular formula is C17H16N2O4S. The highest BCUT2D eigenvalue weighted by atomic mass is 32.2. The van der Waals surface area contributed by atoms with E-state index in [1.807, 2.05) is 6.92 Å². The van der Waals surface area contributed by atoms with Crippen molar-refractivity contribution in [2.75, 3.05) is 12.8 Å². The minimum Gasteiger partial charge on any atom is -0.464 e. The van der Waals surface area contributed by atoms with E-state index >= 15 is 0 Å². The van der Waals surface area contributed by atoms with Gasteiger partial charge in [0.2, 0.25) is 0 Å². The van der Waals surface area contributed by atoms with Crippen LogP contribution >= 0.6 is 0 Å². The number of aromatic nitrogens is 1. The Labute approximate surface area is 139 Å². The van der Waals surface area contributed by atoms with E-state index in [0.29, 0.717) is 16.6 Å². The summed E-state index contributed by atoms with van der Waals surface area (Å²) < 4.78 is 31.9. The Balaban J connectivity index is 2.37. The van der Waals surface area contributed by atoms with Gasteiger partial charge in [-0.1, -0.05) is 23.8 Å². The molecule has 2 N–H and O–H groups in total. The number of anilines is 1. The molecule has 0 fully saturated rings. The molecule has 0 amide bonds. The Morgan fingerprint density at radius 2 is 1.79 bits per heavy atom. The summed E-state index contributed by atoms with van der Waals surface area (Å²) in [5.74, 6) is -0.749. The van der Waals surface area contributed by atoms with Gasteiger partial charge in [-0.25, -0.2) is 17.2 Å². The molecule has 0 saturated heterocycles. The fraction of sp³-hybridized carbons (Fsp3) is 0.118. The van der Waals surface area contributed by atoms with Crippen LogP contribution < -0.4 is 5.73 Å². The van der Waals surface area contributed by atoms with Crippen LogP contribution in [-0.4, -0.2) is 25.5 Å². The van der Waals surface area contributed by atoms with E-state index in [2.05, 4.69) is 0 Å². The van der Waals surface area contributed by atoms with Gasteiger partial charge in [0.05, 0.1) is 17.5 Å². The lowest BCUT2D eigenvalue weighted by atomic mass is 10.2. The Morgan fingerprint density at radius 3 is 2.42 bits per heavy atom. The van der Waals surface area contributed by atoms with Crippen molar-refractivity contribution in [3.05, 3.63) is 59.8 Å². The van der Waals surface area contributed by atoms with E-state index in [9.17, 15) is 13.2 Å². The highest BCUT2D eigenvalue weighted by Crippen LogP contribution is 2.29. The average Bonchev–Trinajstić information content (AvgIpc) is 2.96. The van der Waals surface area contributed by atoms with Gasteiger partial charge in [-0.15, -0.1) is 0 Å². The third-order valence-corrected chi connectivity index (χ3v) is 5.53. The maximum Gasteiger partial charge on any atom is 0.355 e. The summed E-state index contributed by atoms with van der Waals surface area (Å²) in [6, 6.07) is 12.7. The minimum absolute atomic E-state index is 0.0816. The zero-order valence-corrected chi connectivity index (χ0v) is 14.0. The normalized spacial score (nSPS) is 11.6. The smallest absolute Gasteiger partial charge is 0.355 e. The summed E-state index contributed by atoms with van der Waals surface area (Å²) in [4.78, 5) is 12.2. The second-order valence-electron chi connectivity index (χ2n) is 5.38. The first kappa shape index (κ1) is 16.1. The van der Waals surface area contributed by atoms with Crippen LogP contribution in [0.2, 0.25) is 0 Å². The van der Waals surface area contributed by atoms with Gasteiger partial charge in [-0.05, 0) is 37.3 Å². The lowest BCUT2D eigenvalue weighted by Crippen LogP contribution is -2.19. The highest BCUT2D eigenvalue weighted by Gasteiger charge is 2.27. The summed E-state index contributed by atoms with van der Waals surface area (Å²) in [6.45, 7) is 1.86. The number of nitrogen functional groups attached to an aromatic ring is 1. The number of carbonyl (C=O) groups is 1. The minimum atomic E-state index is -3.98. The van der Waals surface area contributed by atoms with Crippen molar-refractivity contribution < 1.29 is 17.9 Å². The number of fused-ring (bicyclic) bond motifs is 1. The van der Waals surface area contributed by atoms with Gasteiger partial charge in [0, 0.05) is 11.1 Å². The summed E-state index contributed by atoms with van der Waals surface area (Å²) in [5, 5.41) is 0.480. The number of aryl methyl sites for hydroxylation is 1. The Hall–Kier alpha value is -2.80. The lowest BCUT2D eigenvalue weighted by molar-refractivity contribution is 0.0593. The number of methoxy groups -OCH3 is 1. The van der Waals surface area contributed by atoms with Crippen molar-refractivity contribution in [2.45, 2.75) is 11.8 Å². The summed E-state index contributed by atoms with van der Waals surface area (Å²) >= 11 is 0. The molecule has 0 saturated carbocycles. The van der Waals surface area contributed by atoms with Gasteiger partial charge in [-0.3, -0.25) is 0 Å². The fourth-order valence-electron chi connectivity index (χ4n) is 2.55. The van der Waals surface area contributed by atoms with Gasteiger partial charge in [0.25, 0.3) is 10.0 Å². The second-order valence-corrected chi connectivity index (χ2v) is 7.17. The van der Waals surface area contributed by atoms with Crippen molar-refractivity contribution in [3.63, 3.8) is 0 Å². The Morgan fingerprint density at radius 1 is 1.12 bits per heavy atom. The number of benzene rings is 2. The average molecular weight is 344 g/mol. The molecule has 0 aliphatic rings. The third-order valence-electron chi connectivity index (χ3n) is 3.79. The molecule has 3 aromatic rings. The number of nitrogens with zero attached hydrogens (tertiary/aromatic N) is 1. The molecule has 6 nitrogen and oxygen atoms in total. The largest absolute Gasteiger partial charge is 0.464 e. The molecule has 0 atom stereocenters. The Bertz CT molecular complexity index is 1030. The number of hydrogen-bond acceptors (Lipinski definition) is 5. The number of nitrogens with two attached hydrogens (primary N) is 1. The van der Waals surface area contributed by atoms with Crippen molar-refractivity contribution in [1.82, 2.24) is 3.97 Å². The number of ether oxygens (including phenoxy) is 1. The predicted molar refractivity (Wildman–Crippen MR) is 91.5 cm³/mol. The van der Waals surface area contributed by atoms with Crippen molar-refractivity contribution in [2.24, 2.45) is 0 Å². The maximum absolute atomic E-state index is 13.1. The van der Waals surface area contributed by atoms with E-state index in [1.54, 1.807) is 30.3 Å². The zero-order chi connectivity index (χ0) is 17.5. The number of carbonyl (C=O) groups excluding carboxylic acids is 1. The SMILES string of the molecule is COC(=O)c1cc2c(N)cccc2n1S(=O)(=O)c1ccc(C)cc1. The second kappa shape index (κ2) is 5.68. The molecule has 7 heteroatoms. The van der Waals surface area contributed by atoms with Crippen molar-refractivity contribution in [1.29, 1.82) is 0 Å². The van der Waals surface area contributed by atoms with Crippen LogP contribution in [-0.2, 0) is 14.8 Å². The van der Waals surface area contributed by atoms with Crippen LogP contribution in [0.4, 0.5) is 5.69 Å². The first-order valence-electron chi connectivity index (χ1n) is 7.17. The van der Waals surface area contributed by atoms with E-state index in [-0.39, 0.29) is 10.6 Å². The van der Waals surface area contributed by atoms with Crippen LogP contribution in [0.5, 0.6) is 0 Å². The summed E-state index contributed by atoms with van der Waals surface area (Å²) in [7, 11) is -2.78. The Kier molecular flexibility index (Phi) is 3.81. The molecule has 1 heterocycles. The van der Waals surface area contributed by atoms with Crippen LogP contribution in [0.15, 0.2) is 53.4 Å². The topological polar surface area (TPSA) is 91.4 Å². The quantitative estimate of drug-likeness (QED) is 0.582. The fourth-order valence-corrected chi connectivity index (χ4v) is 4.05. The zero-order valence-electron chi connectivity index (χ0n) is 13.2. The number of esters is 1. The molecule has 24 heavy (non-hydrogen) atoms. The molecule has 2 aromatic carbocycles. The van der Waals surface area contributed by atoms with Crippen LogP contribution in [0, 0.1) is 6.92 Å². The molecular weight excluding hydrogens is 328 g/mol. The van der Waals surface area contributed by atoms with Crippen LogP contribution in [0.1, 0.15) is 16.1 Å². The first-order chi connectivity index (χ1) is 11.4. The number of rotatable bonds is 3. The molecule has 0 aliphatic heterocycles. The highest BCUT2D eigenvalue weighted by molar-refractivity contribution is 7.90. The van der Waals surface area contributed by atoms with E-state index in [4.69, 9.17) is 10.5 Å². The van der Waals surface area contributed by atoms with Crippen LogP contribution in [0.25, 0.3) is 10.9 Å².